The summed E-state index contributed by atoms with van der Waals surface area (Å²) >= 11 is 0. The minimum absolute atomic E-state index is 0.116. The van der Waals surface area contributed by atoms with E-state index in [9.17, 15) is 51.1 Å². The first-order valence-electron chi connectivity index (χ1n) is 16.0. The van der Waals surface area contributed by atoms with Crippen LogP contribution < -0.4 is 4.74 Å². The van der Waals surface area contributed by atoms with Crippen LogP contribution in [0.15, 0.2) is 131 Å². The average Bonchev–Trinajstić information content (AvgIpc) is 3.13. The van der Waals surface area contributed by atoms with Gasteiger partial charge < -0.3 is 55.8 Å². The van der Waals surface area contributed by atoms with Gasteiger partial charge in [0.25, 0.3) is 0 Å². The Labute approximate surface area is 284 Å². The van der Waals surface area contributed by atoms with Crippen molar-refractivity contribution >= 4 is 27.1 Å². The van der Waals surface area contributed by atoms with Crippen LogP contribution in [0.2, 0.25) is 0 Å². The molecule has 4 aromatic carbocycles. The Bertz CT molecular complexity index is 2270. The quantitative estimate of drug-likeness (QED) is 0.126. The van der Waals surface area contributed by atoms with Crippen LogP contribution in [0.4, 0.5) is 0 Å². The lowest BCUT2D eigenvalue weighted by atomic mass is 9.80. The molecular formula is C39H32O11. The second-order valence-electron chi connectivity index (χ2n) is 12.9. The molecule has 0 amide bonds. The molecule has 0 aromatic heterocycles. The number of rotatable bonds is 3. The fourth-order valence-electron chi connectivity index (χ4n) is 7.53. The van der Waals surface area contributed by atoms with Crippen LogP contribution >= 0.6 is 0 Å². The van der Waals surface area contributed by atoms with Gasteiger partial charge in [-0.15, -0.1) is 0 Å². The number of fused-ring (bicyclic) bond motifs is 4. The zero-order chi connectivity index (χ0) is 35.2. The minimum atomic E-state index is -1.85. The number of aliphatic hydroxyl groups is 10. The van der Waals surface area contributed by atoms with Crippen molar-refractivity contribution in [2.45, 2.75) is 36.9 Å². The molecule has 0 saturated heterocycles. The maximum absolute atomic E-state index is 11.1. The van der Waals surface area contributed by atoms with Crippen molar-refractivity contribution < 1.29 is 55.8 Å². The van der Waals surface area contributed by atoms with Crippen LogP contribution in [0.5, 0.6) is 5.75 Å². The fraction of sp³-hybridized carbons (Fsp3) is 0.179. The van der Waals surface area contributed by atoms with Crippen molar-refractivity contribution in [1.82, 2.24) is 0 Å². The highest BCUT2D eigenvalue weighted by Crippen LogP contribution is 2.47. The Hall–Kier alpha value is -5.72. The van der Waals surface area contributed by atoms with Gasteiger partial charge in [-0.25, -0.2) is 0 Å². The number of hydrogen-bond acceptors (Lipinski definition) is 11. The van der Waals surface area contributed by atoms with E-state index in [4.69, 9.17) is 4.74 Å². The van der Waals surface area contributed by atoms with E-state index < -0.39 is 65.1 Å². The second-order valence-corrected chi connectivity index (χ2v) is 12.9. The summed E-state index contributed by atoms with van der Waals surface area (Å²) in [5.74, 6) is -4.31. The molecule has 6 unspecified atom stereocenters. The molecule has 50 heavy (non-hydrogen) atoms. The minimum Gasteiger partial charge on any atom is -0.509 e. The standard InChI is InChI=1S/C39H32O11/c40-30-27(31(41)35(45)38(48)34(30)44)18-10-9-16-13-19-14-17(11-12-24(19)50-25(16)15-18)26-20-5-1-3-7-22(20)28(23-8-4-2-6-21(23)26)29-32(42)36(46)39(49)37(47)33(29)43/h1-12,14-16,25,32,34,36,38,40-49H,13H2. The normalized spacial score (nSPS) is 26.7. The molecule has 4 aliphatic rings. The van der Waals surface area contributed by atoms with Crippen LogP contribution in [0.25, 0.3) is 38.2 Å². The van der Waals surface area contributed by atoms with Gasteiger partial charge in [-0.3, -0.25) is 0 Å². The Balaban J connectivity index is 1.23. The lowest BCUT2D eigenvalue weighted by molar-refractivity contribution is 0.00620. The van der Waals surface area contributed by atoms with Gasteiger partial charge in [0.05, 0.1) is 5.57 Å². The van der Waals surface area contributed by atoms with Gasteiger partial charge in [-0.2, -0.15) is 0 Å². The molecule has 6 atom stereocenters. The molecule has 1 heterocycles. The second kappa shape index (κ2) is 11.4. The maximum Gasteiger partial charge on any atom is 0.199 e. The number of hydrogen-bond donors (Lipinski definition) is 10. The van der Waals surface area contributed by atoms with Gasteiger partial charge in [0.1, 0.15) is 42.0 Å². The predicted molar refractivity (Wildman–Crippen MR) is 184 cm³/mol. The number of benzene rings is 4. The first-order valence-corrected chi connectivity index (χ1v) is 16.0. The van der Waals surface area contributed by atoms with Gasteiger partial charge in [0.2, 0.25) is 0 Å². The van der Waals surface area contributed by atoms with Crippen molar-refractivity contribution in [2.24, 2.45) is 5.92 Å². The summed E-state index contributed by atoms with van der Waals surface area (Å²) in [5.41, 5.74) is 3.05. The highest BCUT2D eigenvalue weighted by molar-refractivity contribution is 6.19. The maximum atomic E-state index is 11.1. The summed E-state index contributed by atoms with van der Waals surface area (Å²) in [7, 11) is 0. The third-order valence-corrected chi connectivity index (χ3v) is 10.0. The molecule has 11 heteroatoms. The van der Waals surface area contributed by atoms with E-state index >= 15 is 0 Å². The summed E-state index contributed by atoms with van der Waals surface area (Å²) in [6, 6.07) is 20.6. The molecule has 4 aromatic rings. The Kier molecular flexibility index (Phi) is 7.21. The predicted octanol–water partition coefficient (Wildman–Crippen LogP) is 5.28. The molecule has 11 nitrogen and oxygen atoms in total. The number of ether oxygens (including phenoxy) is 1. The largest absolute Gasteiger partial charge is 0.509 e. The van der Waals surface area contributed by atoms with Gasteiger partial charge in [-0.1, -0.05) is 66.7 Å². The summed E-state index contributed by atoms with van der Waals surface area (Å²) in [4.78, 5) is 0. The van der Waals surface area contributed by atoms with Gasteiger partial charge in [-0.05, 0) is 74.0 Å². The Morgan fingerprint density at radius 3 is 1.78 bits per heavy atom. The summed E-state index contributed by atoms with van der Waals surface area (Å²) < 4.78 is 6.38. The lowest BCUT2D eigenvalue weighted by Gasteiger charge is -2.34. The molecule has 3 aliphatic carbocycles. The first-order chi connectivity index (χ1) is 24.0. The molecule has 0 fully saturated rings. The van der Waals surface area contributed by atoms with E-state index in [1.54, 1.807) is 12.2 Å². The summed E-state index contributed by atoms with van der Waals surface area (Å²) in [5, 5.41) is 107. The summed E-state index contributed by atoms with van der Waals surface area (Å²) in [6.45, 7) is 0. The molecule has 0 saturated carbocycles. The van der Waals surface area contributed by atoms with Crippen LogP contribution in [0.3, 0.4) is 0 Å². The monoisotopic (exact) mass is 676 g/mol. The fourth-order valence-corrected chi connectivity index (χ4v) is 7.53. The van der Waals surface area contributed by atoms with Crippen LogP contribution in [-0.2, 0) is 6.42 Å². The van der Waals surface area contributed by atoms with E-state index in [-0.39, 0.29) is 17.1 Å². The van der Waals surface area contributed by atoms with Gasteiger partial charge in [0.15, 0.2) is 28.8 Å². The van der Waals surface area contributed by atoms with Crippen molar-refractivity contribution in [1.29, 1.82) is 0 Å². The zero-order valence-electron chi connectivity index (χ0n) is 26.1. The number of allylic oxidation sites excluding steroid dienone is 2. The van der Waals surface area contributed by atoms with E-state index in [2.05, 4.69) is 0 Å². The SMILES string of the molecule is OC1=C(O)C(O)C(O)C(O)=C1C1=CC2Oc3ccc(-c4c5ccccc5c(C5=C(O)C(O)=C(O)C(O)C5O)c5ccccc45)cc3CC2C=C1. The molecule has 254 valence electrons. The average molecular weight is 677 g/mol. The van der Waals surface area contributed by atoms with Gasteiger partial charge in [0, 0.05) is 11.5 Å². The van der Waals surface area contributed by atoms with Crippen LogP contribution in [0, 0.1) is 5.92 Å². The van der Waals surface area contributed by atoms with Crippen molar-refractivity contribution in [3.63, 3.8) is 0 Å². The number of aliphatic hydroxyl groups excluding tert-OH is 10. The van der Waals surface area contributed by atoms with E-state index in [0.29, 0.717) is 34.1 Å². The molecule has 8 rings (SSSR count). The lowest BCUT2D eigenvalue weighted by Crippen LogP contribution is -2.36. The van der Waals surface area contributed by atoms with Crippen LogP contribution in [-0.4, -0.2) is 81.6 Å². The third-order valence-electron chi connectivity index (χ3n) is 10.0. The van der Waals surface area contributed by atoms with E-state index in [1.807, 2.05) is 72.8 Å². The molecular weight excluding hydrogens is 644 g/mol. The third kappa shape index (κ3) is 4.52. The van der Waals surface area contributed by atoms with Crippen molar-refractivity contribution in [2.75, 3.05) is 0 Å². The Morgan fingerprint density at radius 1 is 0.580 bits per heavy atom. The molecule has 10 N–H and O–H groups in total. The smallest absolute Gasteiger partial charge is 0.199 e. The molecule has 0 bridgehead atoms. The molecule has 1 aliphatic heterocycles. The van der Waals surface area contributed by atoms with Crippen molar-refractivity contribution in [3.05, 3.63) is 142 Å². The van der Waals surface area contributed by atoms with Gasteiger partial charge >= 0.3 is 0 Å². The Morgan fingerprint density at radius 2 is 1.14 bits per heavy atom. The first kappa shape index (κ1) is 31.5. The van der Waals surface area contributed by atoms with E-state index in [0.717, 1.165) is 27.5 Å². The topological polar surface area (TPSA) is 212 Å². The van der Waals surface area contributed by atoms with E-state index in [1.165, 1.54) is 0 Å². The summed E-state index contributed by atoms with van der Waals surface area (Å²) in [6.07, 6.45) is -1.95. The molecule has 0 spiro atoms. The highest BCUT2D eigenvalue weighted by Gasteiger charge is 2.40. The zero-order valence-corrected chi connectivity index (χ0v) is 26.1. The highest BCUT2D eigenvalue weighted by atomic mass is 16.5. The van der Waals surface area contributed by atoms with Crippen molar-refractivity contribution in [3.8, 4) is 16.9 Å². The molecule has 0 radical (unpaired) electrons. The van der Waals surface area contributed by atoms with Crippen LogP contribution in [0.1, 0.15) is 11.1 Å².